The summed E-state index contributed by atoms with van der Waals surface area (Å²) >= 11 is 0. The molecule has 0 aliphatic heterocycles. The molecule has 7 heteroatoms. The van der Waals surface area contributed by atoms with Gasteiger partial charge in [-0.3, -0.25) is 4.79 Å². The van der Waals surface area contributed by atoms with Crippen molar-refractivity contribution in [3.8, 4) is 0 Å². The highest BCUT2D eigenvalue weighted by atomic mass is 16.2. The van der Waals surface area contributed by atoms with Crippen molar-refractivity contribution in [1.82, 2.24) is 21.4 Å². The van der Waals surface area contributed by atoms with Crippen LogP contribution in [0.15, 0.2) is 5.10 Å². The number of rotatable bonds is 6. The van der Waals surface area contributed by atoms with E-state index in [2.05, 4.69) is 26.5 Å². The zero-order chi connectivity index (χ0) is 15.2. The first kappa shape index (κ1) is 16.3. The molecule has 1 aliphatic rings. The maximum absolute atomic E-state index is 11.9. The van der Waals surface area contributed by atoms with Gasteiger partial charge in [0.15, 0.2) is 0 Å². The van der Waals surface area contributed by atoms with Gasteiger partial charge < -0.3 is 21.4 Å². The first-order valence-electron chi connectivity index (χ1n) is 6.89. The average Bonchev–Trinajstić information content (AvgIpc) is 3.13. The van der Waals surface area contributed by atoms with E-state index in [9.17, 15) is 9.59 Å². The van der Waals surface area contributed by atoms with Crippen LogP contribution in [0.4, 0.5) is 4.79 Å². The van der Waals surface area contributed by atoms with Crippen molar-refractivity contribution in [2.45, 2.75) is 39.2 Å². The van der Waals surface area contributed by atoms with E-state index in [4.69, 9.17) is 0 Å². The highest BCUT2D eigenvalue weighted by molar-refractivity contribution is 6.39. The van der Waals surface area contributed by atoms with Crippen LogP contribution < -0.4 is 21.4 Å². The van der Waals surface area contributed by atoms with Crippen molar-refractivity contribution in [3.05, 3.63) is 0 Å². The topological polar surface area (TPSA) is 94.6 Å². The van der Waals surface area contributed by atoms with Crippen molar-refractivity contribution in [1.29, 1.82) is 0 Å². The third-order valence-corrected chi connectivity index (χ3v) is 2.66. The Hall–Kier alpha value is -1.79. The molecular weight excluding hydrogens is 258 g/mol. The van der Waals surface area contributed by atoms with Crippen LogP contribution in [0.2, 0.25) is 0 Å². The van der Waals surface area contributed by atoms with E-state index >= 15 is 0 Å². The molecule has 0 atom stereocenters. The van der Waals surface area contributed by atoms with Crippen LogP contribution in [-0.4, -0.2) is 43.3 Å². The molecule has 3 amide bonds. The van der Waals surface area contributed by atoms with Gasteiger partial charge in [-0.2, -0.15) is 5.10 Å². The number of hydrazone groups is 1. The van der Waals surface area contributed by atoms with E-state index in [0.29, 0.717) is 12.5 Å². The third-order valence-electron chi connectivity index (χ3n) is 2.66. The highest BCUT2D eigenvalue weighted by Gasteiger charge is 2.23. The minimum absolute atomic E-state index is 0.0826. The number of urea groups is 1. The smallest absolute Gasteiger partial charge is 0.315 e. The number of hydrogen-bond donors (Lipinski definition) is 4. The van der Waals surface area contributed by atoms with E-state index in [1.165, 1.54) is 12.8 Å². The van der Waals surface area contributed by atoms with Crippen molar-refractivity contribution >= 4 is 17.6 Å². The van der Waals surface area contributed by atoms with E-state index in [1.54, 1.807) is 7.05 Å². The minimum atomic E-state index is -0.323. The summed E-state index contributed by atoms with van der Waals surface area (Å²) < 4.78 is 0. The molecule has 1 fully saturated rings. The molecule has 0 aromatic rings. The Balaban J connectivity index is 2.39. The second-order valence-corrected chi connectivity index (χ2v) is 5.99. The lowest BCUT2D eigenvalue weighted by Gasteiger charge is -2.20. The maximum atomic E-state index is 11.9. The summed E-state index contributed by atoms with van der Waals surface area (Å²) in [5, 5.41) is 12.1. The number of hydrogen-bond acceptors (Lipinski definition) is 4. The van der Waals surface area contributed by atoms with Crippen LogP contribution in [-0.2, 0) is 4.79 Å². The standard InChI is InChI=1S/C13H25N5O2/c1-13(2,3)17-12(20)16-8-10(18-14-4)11(19)15-7-9-5-6-9/h9,14H,5-8H2,1-4H3,(H,15,19)(H2,16,17,20)/b18-10+. The molecule has 0 saturated heterocycles. The number of nitrogens with zero attached hydrogens (tertiary/aromatic N) is 1. The predicted octanol–water partition coefficient (Wildman–Crippen LogP) is 0.186. The third kappa shape index (κ3) is 6.96. The summed E-state index contributed by atoms with van der Waals surface area (Å²) in [6, 6.07) is -0.323. The molecule has 0 radical (unpaired) electrons. The fourth-order valence-electron chi connectivity index (χ4n) is 1.52. The van der Waals surface area contributed by atoms with E-state index in [0.717, 1.165) is 0 Å². The maximum Gasteiger partial charge on any atom is 0.315 e. The molecule has 7 nitrogen and oxygen atoms in total. The molecule has 0 aromatic heterocycles. The number of carbonyl (C=O) groups excluding carboxylic acids is 2. The lowest BCUT2D eigenvalue weighted by Crippen LogP contribution is -2.49. The van der Waals surface area contributed by atoms with Crippen LogP contribution in [0, 0.1) is 5.92 Å². The van der Waals surface area contributed by atoms with Crippen LogP contribution in [0.1, 0.15) is 33.6 Å². The number of nitrogens with one attached hydrogen (secondary N) is 4. The summed E-state index contributed by atoms with van der Waals surface area (Å²) in [7, 11) is 1.61. The van der Waals surface area contributed by atoms with E-state index in [1.807, 2.05) is 20.8 Å². The second-order valence-electron chi connectivity index (χ2n) is 5.99. The molecule has 4 N–H and O–H groups in total. The zero-order valence-electron chi connectivity index (χ0n) is 12.7. The van der Waals surface area contributed by atoms with Crippen LogP contribution >= 0.6 is 0 Å². The second kappa shape index (κ2) is 7.12. The fraction of sp³-hybridized carbons (Fsp3) is 0.769. The molecule has 0 unspecified atom stereocenters. The first-order chi connectivity index (χ1) is 9.31. The minimum Gasteiger partial charge on any atom is -0.351 e. The van der Waals surface area contributed by atoms with Crippen LogP contribution in [0.5, 0.6) is 0 Å². The van der Waals surface area contributed by atoms with Gasteiger partial charge >= 0.3 is 6.03 Å². The molecule has 1 aliphatic carbocycles. The zero-order valence-corrected chi connectivity index (χ0v) is 12.7. The van der Waals surface area contributed by atoms with Crippen molar-refractivity contribution in [2.24, 2.45) is 11.0 Å². The van der Waals surface area contributed by atoms with Gasteiger partial charge in [0, 0.05) is 19.1 Å². The van der Waals surface area contributed by atoms with Gasteiger partial charge in [0.05, 0.1) is 6.54 Å². The molecule has 114 valence electrons. The molecular formula is C13H25N5O2. The quantitative estimate of drug-likeness (QED) is 0.414. The van der Waals surface area contributed by atoms with Gasteiger partial charge in [0.2, 0.25) is 0 Å². The highest BCUT2D eigenvalue weighted by Crippen LogP contribution is 2.27. The Labute approximate surface area is 120 Å². The lowest BCUT2D eigenvalue weighted by atomic mass is 10.1. The van der Waals surface area contributed by atoms with Gasteiger partial charge in [-0.25, -0.2) is 4.79 Å². The summed E-state index contributed by atoms with van der Waals surface area (Å²) in [6.07, 6.45) is 2.34. The SMILES string of the molecule is CN/N=C(\CNC(=O)NC(C)(C)C)C(=O)NCC1CC1. The lowest BCUT2D eigenvalue weighted by molar-refractivity contribution is -0.114. The Kier molecular flexibility index (Phi) is 5.79. The van der Waals surface area contributed by atoms with Gasteiger partial charge in [-0.05, 0) is 39.5 Å². The van der Waals surface area contributed by atoms with E-state index in [-0.39, 0.29) is 29.7 Å². The summed E-state index contributed by atoms with van der Waals surface area (Å²) in [5.41, 5.74) is 2.52. The van der Waals surface area contributed by atoms with Crippen LogP contribution in [0.3, 0.4) is 0 Å². The molecule has 0 bridgehead atoms. The Bertz CT molecular complexity index is 383. The molecule has 1 saturated carbocycles. The fourth-order valence-corrected chi connectivity index (χ4v) is 1.52. The summed E-state index contributed by atoms with van der Waals surface area (Å²) in [4.78, 5) is 23.5. The predicted molar refractivity (Wildman–Crippen MR) is 78.5 cm³/mol. The first-order valence-corrected chi connectivity index (χ1v) is 6.89. The molecule has 1 rings (SSSR count). The van der Waals surface area contributed by atoms with Crippen molar-refractivity contribution < 1.29 is 9.59 Å². The monoisotopic (exact) mass is 283 g/mol. The van der Waals surface area contributed by atoms with Crippen molar-refractivity contribution in [2.75, 3.05) is 20.1 Å². The van der Waals surface area contributed by atoms with E-state index < -0.39 is 0 Å². The normalized spacial score (nSPS) is 15.5. The average molecular weight is 283 g/mol. The Morgan fingerprint density at radius 2 is 1.85 bits per heavy atom. The summed E-state index contributed by atoms with van der Waals surface area (Å²) in [6.45, 7) is 6.42. The summed E-state index contributed by atoms with van der Waals surface area (Å²) in [5.74, 6) is 0.356. The van der Waals surface area contributed by atoms with Crippen molar-refractivity contribution in [3.63, 3.8) is 0 Å². The van der Waals surface area contributed by atoms with Gasteiger partial charge in [-0.1, -0.05) is 0 Å². The Morgan fingerprint density at radius 1 is 1.20 bits per heavy atom. The number of amides is 3. The Morgan fingerprint density at radius 3 is 2.35 bits per heavy atom. The van der Waals surface area contributed by atoms with Gasteiger partial charge in [0.1, 0.15) is 5.71 Å². The molecule has 0 spiro atoms. The van der Waals surface area contributed by atoms with Gasteiger partial charge in [-0.15, -0.1) is 0 Å². The largest absolute Gasteiger partial charge is 0.351 e. The van der Waals surface area contributed by atoms with Gasteiger partial charge in [0.25, 0.3) is 5.91 Å². The van der Waals surface area contributed by atoms with Crippen LogP contribution in [0.25, 0.3) is 0 Å². The molecule has 0 heterocycles. The molecule has 0 aromatic carbocycles. The molecule has 20 heavy (non-hydrogen) atoms. The number of carbonyl (C=O) groups is 2.